The van der Waals surface area contributed by atoms with Crippen LogP contribution >= 0.6 is 0 Å². The monoisotopic (exact) mass is 293 g/mol. The Morgan fingerprint density at radius 1 is 1.15 bits per heavy atom. The number of aryl methyl sites for hydroxylation is 2. The van der Waals surface area contributed by atoms with Crippen molar-refractivity contribution in [1.29, 1.82) is 0 Å². The SMILES string of the molecule is Cc1ccc(S(=O)(=O)Nc2cc(C(C)C)[nH]n2)cc1C. The summed E-state index contributed by atoms with van der Waals surface area (Å²) in [6, 6.07) is 6.77. The fourth-order valence-corrected chi connectivity index (χ4v) is 2.84. The van der Waals surface area contributed by atoms with Crippen LogP contribution in [-0.2, 0) is 10.0 Å². The molecule has 0 radical (unpaired) electrons. The first kappa shape index (κ1) is 14.6. The topological polar surface area (TPSA) is 74.8 Å². The minimum Gasteiger partial charge on any atom is -0.280 e. The number of sulfonamides is 1. The summed E-state index contributed by atoms with van der Waals surface area (Å²) in [4.78, 5) is 0.245. The van der Waals surface area contributed by atoms with Crippen LogP contribution in [0.15, 0.2) is 29.2 Å². The van der Waals surface area contributed by atoms with E-state index in [-0.39, 0.29) is 10.8 Å². The Kier molecular flexibility index (Phi) is 3.85. The minimum absolute atomic E-state index is 0.245. The van der Waals surface area contributed by atoms with Gasteiger partial charge in [-0.1, -0.05) is 19.9 Å². The number of aromatic nitrogens is 2. The standard InChI is InChI=1S/C14H19N3O2S/c1-9(2)13-8-14(16-15-13)17-20(18,19)12-6-5-10(3)11(4)7-12/h5-9H,1-4H3,(H2,15,16,17). The van der Waals surface area contributed by atoms with Gasteiger partial charge in [0.2, 0.25) is 0 Å². The van der Waals surface area contributed by atoms with Crippen LogP contribution in [0, 0.1) is 13.8 Å². The molecule has 0 aliphatic carbocycles. The van der Waals surface area contributed by atoms with E-state index in [1.54, 1.807) is 24.3 Å². The molecule has 0 fully saturated rings. The molecule has 0 bridgehead atoms. The number of anilines is 1. The average molecular weight is 293 g/mol. The van der Waals surface area contributed by atoms with Crippen molar-refractivity contribution < 1.29 is 8.42 Å². The Hall–Kier alpha value is -1.82. The highest BCUT2D eigenvalue weighted by molar-refractivity contribution is 7.92. The molecule has 0 saturated heterocycles. The van der Waals surface area contributed by atoms with Crippen molar-refractivity contribution in [1.82, 2.24) is 10.2 Å². The molecule has 2 N–H and O–H groups in total. The Bertz CT molecular complexity index is 718. The van der Waals surface area contributed by atoms with Gasteiger partial charge in [-0.05, 0) is 43.0 Å². The zero-order valence-electron chi connectivity index (χ0n) is 12.1. The molecular weight excluding hydrogens is 274 g/mol. The summed E-state index contributed by atoms with van der Waals surface area (Å²) in [5, 5.41) is 6.80. The van der Waals surface area contributed by atoms with E-state index in [1.807, 2.05) is 27.7 Å². The van der Waals surface area contributed by atoms with Crippen molar-refractivity contribution in [3.05, 3.63) is 41.1 Å². The summed E-state index contributed by atoms with van der Waals surface area (Å²) in [7, 11) is -3.60. The van der Waals surface area contributed by atoms with E-state index in [1.165, 1.54) is 0 Å². The molecule has 5 nitrogen and oxygen atoms in total. The van der Waals surface area contributed by atoms with E-state index in [0.717, 1.165) is 16.8 Å². The molecule has 1 aromatic carbocycles. The van der Waals surface area contributed by atoms with Gasteiger partial charge in [-0.25, -0.2) is 8.42 Å². The van der Waals surface area contributed by atoms with Gasteiger partial charge >= 0.3 is 0 Å². The first-order valence-electron chi connectivity index (χ1n) is 6.45. The van der Waals surface area contributed by atoms with Crippen LogP contribution in [0.1, 0.15) is 36.6 Å². The molecule has 0 aliphatic heterocycles. The molecule has 0 spiro atoms. The molecule has 0 amide bonds. The first-order valence-corrected chi connectivity index (χ1v) is 7.93. The van der Waals surface area contributed by atoms with Crippen LogP contribution in [0.3, 0.4) is 0 Å². The smallest absolute Gasteiger partial charge is 0.263 e. The number of H-pyrrole nitrogens is 1. The lowest BCUT2D eigenvalue weighted by atomic mass is 10.1. The maximum atomic E-state index is 12.3. The average Bonchev–Trinajstić information content (AvgIpc) is 2.80. The zero-order valence-corrected chi connectivity index (χ0v) is 12.9. The van der Waals surface area contributed by atoms with Crippen LogP contribution in [-0.4, -0.2) is 18.6 Å². The summed E-state index contributed by atoms with van der Waals surface area (Å²) >= 11 is 0. The van der Waals surface area contributed by atoms with Gasteiger partial charge in [0.1, 0.15) is 0 Å². The highest BCUT2D eigenvalue weighted by Gasteiger charge is 2.16. The van der Waals surface area contributed by atoms with Crippen molar-refractivity contribution >= 4 is 15.8 Å². The molecule has 1 heterocycles. The van der Waals surface area contributed by atoms with E-state index in [2.05, 4.69) is 14.9 Å². The van der Waals surface area contributed by atoms with Crippen LogP contribution in [0.5, 0.6) is 0 Å². The third-order valence-electron chi connectivity index (χ3n) is 3.25. The van der Waals surface area contributed by atoms with Crippen LogP contribution < -0.4 is 4.72 Å². The maximum Gasteiger partial charge on any atom is 0.263 e. The number of hydrogen-bond acceptors (Lipinski definition) is 3. The molecule has 1 aromatic heterocycles. The molecule has 0 atom stereocenters. The Morgan fingerprint density at radius 2 is 1.85 bits per heavy atom. The molecule has 2 rings (SSSR count). The van der Waals surface area contributed by atoms with E-state index < -0.39 is 10.0 Å². The van der Waals surface area contributed by atoms with Crippen molar-refractivity contribution in [2.24, 2.45) is 0 Å². The van der Waals surface area contributed by atoms with Gasteiger partial charge in [-0.3, -0.25) is 9.82 Å². The van der Waals surface area contributed by atoms with E-state index in [0.29, 0.717) is 5.82 Å². The van der Waals surface area contributed by atoms with Crippen LogP contribution in [0.25, 0.3) is 0 Å². The third kappa shape index (κ3) is 3.01. The van der Waals surface area contributed by atoms with Gasteiger partial charge in [0.25, 0.3) is 10.0 Å². The van der Waals surface area contributed by atoms with Gasteiger partial charge in [0.15, 0.2) is 5.82 Å². The summed E-state index contributed by atoms with van der Waals surface area (Å²) < 4.78 is 27.0. The summed E-state index contributed by atoms with van der Waals surface area (Å²) in [6.45, 7) is 7.85. The number of nitrogens with one attached hydrogen (secondary N) is 2. The lowest BCUT2D eigenvalue weighted by Gasteiger charge is -2.07. The number of rotatable bonds is 4. The fourth-order valence-electron chi connectivity index (χ4n) is 1.76. The fraction of sp³-hybridized carbons (Fsp3) is 0.357. The predicted octanol–water partition coefficient (Wildman–Crippen LogP) is 2.95. The normalized spacial score (nSPS) is 11.8. The first-order chi connectivity index (χ1) is 9.29. The summed E-state index contributed by atoms with van der Waals surface area (Å²) in [5.74, 6) is 0.578. The number of benzene rings is 1. The molecule has 108 valence electrons. The molecule has 2 aromatic rings. The quantitative estimate of drug-likeness (QED) is 0.910. The lowest BCUT2D eigenvalue weighted by Crippen LogP contribution is -2.13. The second-order valence-electron chi connectivity index (χ2n) is 5.21. The molecule has 20 heavy (non-hydrogen) atoms. The number of nitrogens with zero attached hydrogens (tertiary/aromatic N) is 1. The van der Waals surface area contributed by atoms with E-state index in [9.17, 15) is 8.42 Å². The third-order valence-corrected chi connectivity index (χ3v) is 4.60. The number of aromatic amines is 1. The number of hydrogen-bond donors (Lipinski definition) is 2. The molecule has 0 unspecified atom stereocenters. The van der Waals surface area contributed by atoms with Gasteiger partial charge < -0.3 is 0 Å². The summed E-state index contributed by atoms with van der Waals surface area (Å²) in [5.41, 5.74) is 2.89. The van der Waals surface area contributed by atoms with Crippen LogP contribution in [0.4, 0.5) is 5.82 Å². The Balaban J connectivity index is 2.28. The minimum atomic E-state index is -3.60. The molecular formula is C14H19N3O2S. The highest BCUT2D eigenvalue weighted by atomic mass is 32.2. The van der Waals surface area contributed by atoms with Gasteiger partial charge in [0, 0.05) is 11.8 Å². The van der Waals surface area contributed by atoms with Crippen molar-refractivity contribution in [2.45, 2.75) is 38.5 Å². The van der Waals surface area contributed by atoms with Gasteiger partial charge in [-0.15, -0.1) is 0 Å². The predicted molar refractivity (Wildman–Crippen MR) is 79.4 cm³/mol. The van der Waals surface area contributed by atoms with Crippen molar-refractivity contribution in [3.8, 4) is 0 Å². The largest absolute Gasteiger partial charge is 0.280 e. The second kappa shape index (κ2) is 5.28. The van der Waals surface area contributed by atoms with E-state index >= 15 is 0 Å². The Morgan fingerprint density at radius 3 is 2.40 bits per heavy atom. The lowest BCUT2D eigenvalue weighted by molar-refractivity contribution is 0.601. The Labute approximate surface area is 119 Å². The molecule has 0 saturated carbocycles. The second-order valence-corrected chi connectivity index (χ2v) is 6.90. The van der Waals surface area contributed by atoms with Crippen molar-refractivity contribution in [2.75, 3.05) is 4.72 Å². The summed E-state index contributed by atoms with van der Waals surface area (Å²) in [6.07, 6.45) is 0. The molecule has 0 aliphatic rings. The van der Waals surface area contributed by atoms with Gasteiger partial charge in [0.05, 0.1) is 4.90 Å². The maximum absolute atomic E-state index is 12.3. The highest BCUT2D eigenvalue weighted by Crippen LogP contribution is 2.20. The van der Waals surface area contributed by atoms with Crippen molar-refractivity contribution in [3.63, 3.8) is 0 Å². The zero-order chi connectivity index (χ0) is 14.9. The van der Waals surface area contributed by atoms with Crippen LogP contribution in [0.2, 0.25) is 0 Å². The van der Waals surface area contributed by atoms with Gasteiger partial charge in [-0.2, -0.15) is 5.10 Å². The molecule has 6 heteroatoms. The van der Waals surface area contributed by atoms with E-state index in [4.69, 9.17) is 0 Å².